The average molecular weight is 615 g/mol. The normalized spacial score (nSPS) is 16.1. The van der Waals surface area contributed by atoms with Crippen LogP contribution in [0.15, 0.2) is 47.4 Å². The number of hydrogen-bond donors (Lipinski definition) is 1. The highest BCUT2D eigenvalue weighted by atomic mass is 127. The van der Waals surface area contributed by atoms with E-state index < -0.39 is 29.5 Å². The minimum absolute atomic E-state index is 0.0112. The maximum atomic E-state index is 15.4. The maximum Gasteiger partial charge on any atom is 0.323 e. The van der Waals surface area contributed by atoms with E-state index in [0.29, 0.717) is 28.6 Å². The summed E-state index contributed by atoms with van der Waals surface area (Å²) in [5.74, 6) is -4.80. The fourth-order valence-electron chi connectivity index (χ4n) is 4.11. The summed E-state index contributed by atoms with van der Waals surface area (Å²) >= 11 is 8.05. The van der Waals surface area contributed by atoms with Crippen molar-refractivity contribution in [2.75, 3.05) is 11.9 Å². The molecule has 1 aliphatic rings. The Morgan fingerprint density at radius 2 is 2.00 bits per heavy atom. The van der Waals surface area contributed by atoms with Crippen molar-refractivity contribution in [1.82, 2.24) is 25.2 Å². The van der Waals surface area contributed by atoms with Crippen molar-refractivity contribution in [1.29, 1.82) is 0 Å². The van der Waals surface area contributed by atoms with Crippen LogP contribution < -0.4 is 5.32 Å². The second-order valence-electron chi connectivity index (χ2n) is 7.88. The monoisotopic (exact) mass is 614 g/mol. The number of carbonyl (C=O) groups excluding carboxylic acids is 1. The lowest BCUT2D eigenvalue weighted by atomic mass is 10.0. The summed E-state index contributed by atoms with van der Waals surface area (Å²) in [6, 6.07) is 5.62. The highest BCUT2D eigenvalue weighted by Crippen LogP contribution is 2.42. The molecule has 4 heterocycles. The van der Waals surface area contributed by atoms with E-state index in [9.17, 15) is 9.18 Å². The van der Waals surface area contributed by atoms with Gasteiger partial charge in [-0.3, -0.25) is 5.32 Å². The first-order valence-corrected chi connectivity index (χ1v) is 11.9. The van der Waals surface area contributed by atoms with Gasteiger partial charge in [-0.15, -0.1) is 0 Å². The first kappa shape index (κ1) is 23.7. The second kappa shape index (κ2) is 9.22. The molecule has 0 bridgehead atoms. The molecule has 3 aromatic heterocycles. The van der Waals surface area contributed by atoms with Crippen molar-refractivity contribution in [2.45, 2.75) is 24.8 Å². The molecule has 180 valence electrons. The van der Waals surface area contributed by atoms with Gasteiger partial charge in [-0.2, -0.15) is 13.2 Å². The van der Waals surface area contributed by atoms with Gasteiger partial charge in [0.1, 0.15) is 22.9 Å². The van der Waals surface area contributed by atoms with Crippen LogP contribution in [0.4, 0.5) is 23.8 Å². The Morgan fingerprint density at radius 3 is 2.77 bits per heavy atom. The number of pyridine rings is 2. The van der Waals surface area contributed by atoms with Gasteiger partial charge in [0.05, 0.1) is 10.6 Å². The number of urea groups is 1. The number of hydrogen-bond acceptors (Lipinski definition) is 6. The molecule has 1 aliphatic heterocycles. The lowest BCUT2D eigenvalue weighted by molar-refractivity contribution is -0.0679. The van der Waals surface area contributed by atoms with Crippen molar-refractivity contribution in [3.05, 3.63) is 62.8 Å². The number of nitrogens with one attached hydrogen (secondary N) is 1. The minimum Gasteiger partial charge on any atom is -0.315 e. The molecule has 1 saturated heterocycles. The summed E-state index contributed by atoms with van der Waals surface area (Å²) in [4.78, 5) is 21.5. The van der Waals surface area contributed by atoms with Crippen LogP contribution >= 0.6 is 34.2 Å². The predicted octanol–water partition coefficient (Wildman–Crippen LogP) is 5.87. The highest BCUT2D eigenvalue weighted by Gasteiger charge is 2.51. The van der Waals surface area contributed by atoms with Gasteiger partial charge < -0.3 is 4.90 Å². The number of anilines is 1. The Bertz CT molecular complexity index is 1420. The molecule has 4 aromatic rings. The third kappa shape index (κ3) is 4.40. The van der Waals surface area contributed by atoms with Gasteiger partial charge >= 0.3 is 6.03 Å². The number of rotatable bonds is 4. The SMILES string of the molecule is O=C(Nc1cc(Cl)c(-c2ccc3nonc3c2)cn1)N1CCCC1C(F)(F)c1c(I)ccnc1F. The van der Waals surface area contributed by atoms with Crippen LogP contribution in [0.2, 0.25) is 5.02 Å². The number of alkyl halides is 2. The van der Waals surface area contributed by atoms with Gasteiger partial charge in [0.15, 0.2) is 0 Å². The number of carbonyl (C=O) groups is 1. The number of amides is 2. The van der Waals surface area contributed by atoms with Crippen molar-refractivity contribution in [3.8, 4) is 11.1 Å². The summed E-state index contributed by atoms with van der Waals surface area (Å²) in [5.41, 5.74) is 1.59. The minimum atomic E-state index is -3.63. The van der Waals surface area contributed by atoms with E-state index in [4.69, 9.17) is 16.2 Å². The third-order valence-electron chi connectivity index (χ3n) is 5.77. The molecule has 13 heteroatoms. The molecule has 5 rings (SSSR count). The second-order valence-corrected chi connectivity index (χ2v) is 9.45. The van der Waals surface area contributed by atoms with Gasteiger partial charge in [-0.1, -0.05) is 17.7 Å². The quantitative estimate of drug-likeness (QED) is 0.228. The molecular formula is C22H15ClF3IN6O2. The lowest BCUT2D eigenvalue weighted by Crippen LogP contribution is -2.47. The number of aromatic nitrogens is 4. The molecular weight excluding hydrogens is 600 g/mol. The summed E-state index contributed by atoms with van der Waals surface area (Å²) in [5, 5.41) is 10.3. The largest absolute Gasteiger partial charge is 0.323 e. The number of halogens is 5. The van der Waals surface area contributed by atoms with Crippen LogP contribution in [0, 0.1) is 9.52 Å². The lowest BCUT2D eigenvalue weighted by Gasteiger charge is -2.32. The summed E-state index contributed by atoms with van der Waals surface area (Å²) in [6.07, 6.45) is 2.93. The van der Waals surface area contributed by atoms with E-state index in [1.54, 1.807) is 40.8 Å². The highest BCUT2D eigenvalue weighted by molar-refractivity contribution is 14.1. The van der Waals surface area contributed by atoms with Crippen molar-refractivity contribution >= 4 is 57.1 Å². The van der Waals surface area contributed by atoms with E-state index >= 15 is 8.78 Å². The molecule has 1 N–H and O–H groups in total. The van der Waals surface area contributed by atoms with Crippen LogP contribution in [0.25, 0.3) is 22.2 Å². The Labute approximate surface area is 215 Å². The van der Waals surface area contributed by atoms with Crippen molar-refractivity contribution in [3.63, 3.8) is 0 Å². The van der Waals surface area contributed by atoms with E-state index in [1.165, 1.54) is 18.3 Å². The van der Waals surface area contributed by atoms with Gasteiger partial charge in [-0.05, 0) is 69.5 Å². The molecule has 0 radical (unpaired) electrons. The first-order chi connectivity index (χ1) is 16.8. The van der Waals surface area contributed by atoms with E-state index in [1.807, 2.05) is 0 Å². The van der Waals surface area contributed by atoms with Gasteiger partial charge in [0.25, 0.3) is 5.92 Å². The molecule has 0 saturated carbocycles. The molecule has 1 fully saturated rings. The number of likely N-dealkylation sites (tertiary alicyclic amines) is 1. The maximum absolute atomic E-state index is 15.4. The zero-order valence-corrected chi connectivity index (χ0v) is 20.6. The first-order valence-electron chi connectivity index (χ1n) is 10.4. The molecule has 2 amide bonds. The number of benzene rings is 1. The van der Waals surface area contributed by atoms with Crippen LogP contribution in [0.3, 0.4) is 0 Å². The molecule has 8 nitrogen and oxygen atoms in total. The Balaban J connectivity index is 1.36. The Morgan fingerprint density at radius 1 is 1.20 bits per heavy atom. The third-order valence-corrected chi connectivity index (χ3v) is 6.98. The fourth-order valence-corrected chi connectivity index (χ4v) is 5.11. The molecule has 1 unspecified atom stereocenters. The Hall–Kier alpha value is -3.00. The van der Waals surface area contributed by atoms with Crippen LogP contribution in [0.1, 0.15) is 18.4 Å². The number of nitrogens with zero attached hydrogens (tertiary/aromatic N) is 5. The van der Waals surface area contributed by atoms with E-state index in [-0.39, 0.29) is 27.4 Å². The molecule has 0 spiro atoms. The summed E-state index contributed by atoms with van der Waals surface area (Å²) in [6.45, 7) is 0.0854. The average Bonchev–Trinajstić information content (AvgIpc) is 3.48. The zero-order chi connectivity index (χ0) is 24.7. The predicted molar refractivity (Wildman–Crippen MR) is 130 cm³/mol. The van der Waals surface area contributed by atoms with E-state index in [0.717, 1.165) is 11.1 Å². The van der Waals surface area contributed by atoms with Crippen molar-refractivity contribution in [2.24, 2.45) is 0 Å². The molecule has 1 aromatic carbocycles. The molecule has 1 atom stereocenters. The summed E-state index contributed by atoms with van der Waals surface area (Å²) in [7, 11) is 0. The van der Waals surface area contributed by atoms with Gasteiger partial charge in [-0.25, -0.2) is 19.4 Å². The van der Waals surface area contributed by atoms with Crippen molar-refractivity contribution < 1.29 is 22.6 Å². The zero-order valence-electron chi connectivity index (χ0n) is 17.7. The standard InChI is InChI=1S/C22H15ClF3IN6O2/c23-13-9-18(29-10-12(13)11-3-4-15-16(8-11)32-35-31-15)30-21(34)33-7-1-2-17(33)22(25,26)19-14(27)5-6-28-20(19)24/h3-6,8-10,17H,1-2,7H2,(H,29,30,34). The van der Waals surface area contributed by atoms with Gasteiger partial charge in [0, 0.05) is 34.1 Å². The number of fused-ring (bicyclic) bond motifs is 1. The fraction of sp³-hybridized carbons (Fsp3) is 0.227. The smallest absolute Gasteiger partial charge is 0.315 e. The summed E-state index contributed by atoms with van der Waals surface area (Å²) < 4.78 is 49.7. The van der Waals surface area contributed by atoms with Crippen LogP contribution in [-0.4, -0.2) is 43.8 Å². The van der Waals surface area contributed by atoms with Gasteiger partial charge in [0.2, 0.25) is 5.95 Å². The molecule has 0 aliphatic carbocycles. The topological polar surface area (TPSA) is 97.0 Å². The molecule has 35 heavy (non-hydrogen) atoms. The Kier molecular flexibility index (Phi) is 6.25. The van der Waals surface area contributed by atoms with Crippen LogP contribution in [0.5, 0.6) is 0 Å². The van der Waals surface area contributed by atoms with Crippen LogP contribution in [-0.2, 0) is 5.92 Å². The van der Waals surface area contributed by atoms with E-state index in [2.05, 4.69) is 25.6 Å².